The Labute approximate surface area is 234 Å². The molecule has 202 valence electrons. The van der Waals surface area contributed by atoms with E-state index >= 15 is 0 Å². The minimum absolute atomic E-state index is 0.0193. The second-order valence-corrected chi connectivity index (χ2v) is 9.83. The van der Waals surface area contributed by atoms with Crippen LogP contribution in [0.2, 0.25) is 0 Å². The zero-order valence-corrected chi connectivity index (χ0v) is 22.4. The minimum Gasteiger partial charge on any atom is -0.492 e. The Kier molecular flexibility index (Phi) is 7.97. The second-order valence-electron chi connectivity index (χ2n) is 8.84. The van der Waals surface area contributed by atoms with Crippen LogP contribution < -0.4 is 10.1 Å². The van der Waals surface area contributed by atoms with Crippen molar-refractivity contribution in [1.29, 1.82) is 0 Å². The molecule has 1 aromatic heterocycles. The van der Waals surface area contributed by atoms with Crippen LogP contribution in [0.3, 0.4) is 0 Å². The molecule has 2 heterocycles. The molecule has 9 nitrogen and oxygen atoms in total. The number of aromatic nitrogens is 1. The summed E-state index contributed by atoms with van der Waals surface area (Å²) in [5.41, 5.74) is 2.45. The van der Waals surface area contributed by atoms with Crippen molar-refractivity contribution in [3.8, 4) is 5.75 Å². The molecule has 0 bridgehead atoms. The number of nitrogens with zero attached hydrogens (tertiary/aromatic N) is 2. The lowest BCUT2D eigenvalue weighted by Crippen LogP contribution is -2.32. The molecular formula is C30H25N3O6S. The number of methoxy groups -OCH3 is 1. The Morgan fingerprint density at radius 1 is 0.950 bits per heavy atom. The summed E-state index contributed by atoms with van der Waals surface area (Å²) in [4.78, 5) is 51.6. The summed E-state index contributed by atoms with van der Waals surface area (Å²) < 4.78 is 12.1. The van der Waals surface area contributed by atoms with Crippen molar-refractivity contribution in [2.45, 2.75) is 6.54 Å². The molecule has 0 saturated carbocycles. The summed E-state index contributed by atoms with van der Waals surface area (Å²) in [5.74, 6) is -0.434. The molecule has 0 spiro atoms. The highest BCUT2D eigenvalue weighted by Crippen LogP contribution is 2.34. The number of nitrogens with one attached hydrogen (secondary N) is 1. The summed E-state index contributed by atoms with van der Waals surface area (Å²) in [6, 6.07) is 23.1. The Morgan fingerprint density at radius 2 is 1.68 bits per heavy atom. The van der Waals surface area contributed by atoms with Crippen molar-refractivity contribution in [1.82, 2.24) is 9.47 Å². The van der Waals surface area contributed by atoms with Gasteiger partial charge in [0, 0.05) is 28.4 Å². The third-order valence-electron chi connectivity index (χ3n) is 6.21. The zero-order valence-electron chi connectivity index (χ0n) is 21.5. The minimum atomic E-state index is -0.456. The van der Waals surface area contributed by atoms with Crippen molar-refractivity contribution in [2.75, 3.05) is 25.6 Å². The molecule has 10 heteroatoms. The van der Waals surface area contributed by atoms with Crippen molar-refractivity contribution in [2.24, 2.45) is 0 Å². The number of ether oxygens (including phenoxy) is 2. The van der Waals surface area contributed by atoms with Crippen LogP contribution in [0.25, 0.3) is 17.0 Å². The summed E-state index contributed by atoms with van der Waals surface area (Å²) in [6.07, 6.45) is 3.47. The maximum absolute atomic E-state index is 13.0. The van der Waals surface area contributed by atoms with Gasteiger partial charge in [0.15, 0.2) is 0 Å². The van der Waals surface area contributed by atoms with E-state index in [9.17, 15) is 19.2 Å². The quantitative estimate of drug-likeness (QED) is 0.224. The highest BCUT2D eigenvalue weighted by molar-refractivity contribution is 8.18. The molecule has 3 amide bonds. The molecule has 1 fully saturated rings. The predicted octanol–water partition coefficient (Wildman–Crippen LogP) is 5.18. The third-order valence-corrected chi connectivity index (χ3v) is 7.12. The summed E-state index contributed by atoms with van der Waals surface area (Å²) in [5, 5.41) is 3.31. The monoisotopic (exact) mass is 555 g/mol. The van der Waals surface area contributed by atoms with Crippen LogP contribution in [0, 0.1) is 0 Å². The van der Waals surface area contributed by atoms with Crippen LogP contribution in [-0.4, -0.2) is 52.8 Å². The van der Waals surface area contributed by atoms with Crippen molar-refractivity contribution in [3.63, 3.8) is 0 Å². The molecule has 1 N–H and O–H groups in total. The van der Waals surface area contributed by atoms with Gasteiger partial charge in [-0.2, -0.15) is 0 Å². The summed E-state index contributed by atoms with van der Waals surface area (Å²) in [6.45, 7) is 0.347. The molecule has 0 aliphatic carbocycles. The Morgan fingerprint density at radius 3 is 2.42 bits per heavy atom. The van der Waals surface area contributed by atoms with Crippen molar-refractivity contribution < 1.29 is 28.7 Å². The van der Waals surface area contributed by atoms with E-state index in [2.05, 4.69) is 5.32 Å². The number of carbonyl (C=O) groups excluding carboxylic acids is 4. The highest BCUT2D eigenvalue weighted by Gasteiger charge is 2.35. The fourth-order valence-electron chi connectivity index (χ4n) is 4.29. The molecule has 0 unspecified atom stereocenters. The molecular weight excluding hydrogens is 530 g/mol. The topological polar surface area (TPSA) is 107 Å². The van der Waals surface area contributed by atoms with Gasteiger partial charge in [-0.05, 0) is 60.3 Å². The van der Waals surface area contributed by atoms with Crippen LogP contribution in [0.5, 0.6) is 5.75 Å². The van der Waals surface area contributed by atoms with E-state index in [1.54, 1.807) is 41.1 Å². The Hall–Kier alpha value is -4.83. The standard InChI is InChI=1S/C30H25N3O6S/c1-38-29(36)20-11-13-22(14-12-20)31-27(34)19-32-18-21(24-9-5-6-10-25(24)32)17-26-28(35)33(30(37)40-26)15-16-39-23-7-3-2-4-8-23/h2-14,17-18H,15-16,19H2,1H3,(H,31,34)/b26-17-. The molecule has 5 rings (SSSR count). The van der Waals surface area contributed by atoms with Crippen molar-refractivity contribution >= 4 is 57.5 Å². The molecule has 1 saturated heterocycles. The van der Waals surface area contributed by atoms with Crippen LogP contribution >= 0.6 is 11.8 Å². The lowest BCUT2D eigenvalue weighted by atomic mass is 10.1. The number of amides is 3. The molecule has 1 aliphatic heterocycles. The average Bonchev–Trinajstić information content (AvgIpc) is 3.44. The fourth-order valence-corrected chi connectivity index (χ4v) is 5.15. The van der Waals surface area contributed by atoms with Crippen LogP contribution in [0.1, 0.15) is 15.9 Å². The number of hydrogen-bond donors (Lipinski definition) is 1. The molecule has 0 radical (unpaired) electrons. The first-order chi connectivity index (χ1) is 19.4. The van der Waals surface area contributed by atoms with Crippen LogP contribution in [0.15, 0.2) is 90.0 Å². The molecule has 4 aromatic rings. The number of rotatable bonds is 9. The number of imide groups is 1. The van der Waals surface area contributed by atoms with E-state index in [1.165, 1.54) is 12.0 Å². The SMILES string of the molecule is COC(=O)c1ccc(NC(=O)Cn2cc(/C=C3\SC(=O)N(CCOc4ccccc4)C3=O)c3ccccc32)cc1. The van der Waals surface area contributed by atoms with Gasteiger partial charge in [-0.25, -0.2) is 4.79 Å². The maximum Gasteiger partial charge on any atom is 0.337 e. The molecule has 3 aromatic carbocycles. The molecule has 0 atom stereocenters. The first-order valence-electron chi connectivity index (χ1n) is 12.4. The van der Waals surface area contributed by atoms with Gasteiger partial charge in [-0.1, -0.05) is 36.4 Å². The van der Waals surface area contributed by atoms with Crippen LogP contribution in [-0.2, 0) is 20.9 Å². The maximum atomic E-state index is 13.0. The number of carbonyl (C=O) groups is 4. The molecule has 1 aliphatic rings. The van der Waals surface area contributed by atoms with Gasteiger partial charge in [0.25, 0.3) is 11.1 Å². The van der Waals surface area contributed by atoms with E-state index in [-0.39, 0.29) is 36.7 Å². The number of hydrogen-bond acceptors (Lipinski definition) is 7. The van der Waals surface area contributed by atoms with Crippen molar-refractivity contribution in [3.05, 3.63) is 101 Å². The van der Waals surface area contributed by atoms with Gasteiger partial charge in [0.1, 0.15) is 18.9 Å². The zero-order chi connectivity index (χ0) is 28.1. The molecule has 40 heavy (non-hydrogen) atoms. The number of fused-ring (bicyclic) bond motifs is 1. The summed E-state index contributed by atoms with van der Waals surface area (Å²) in [7, 11) is 1.31. The van der Waals surface area contributed by atoms with Crippen LogP contribution in [0.4, 0.5) is 10.5 Å². The number of anilines is 1. The Balaban J connectivity index is 1.29. The lowest BCUT2D eigenvalue weighted by molar-refractivity contribution is -0.123. The highest BCUT2D eigenvalue weighted by atomic mass is 32.2. The second kappa shape index (κ2) is 11.9. The van der Waals surface area contributed by atoms with Gasteiger partial charge in [0.2, 0.25) is 5.91 Å². The summed E-state index contributed by atoms with van der Waals surface area (Å²) >= 11 is 0.883. The number of benzene rings is 3. The first kappa shape index (κ1) is 26.8. The van der Waals surface area contributed by atoms with E-state index < -0.39 is 5.97 Å². The Bertz CT molecular complexity index is 1610. The van der Waals surface area contributed by atoms with Gasteiger partial charge in [-0.3, -0.25) is 19.3 Å². The lowest BCUT2D eigenvalue weighted by Gasteiger charge is -2.13. The number of thioether (sulfide) groups is 1. The third kappa shape index (κ3) is 5.92. The smallest absolute Gasteiger partial charge is 0.337 e. The van der Waals surface area contributed by atoms with E-state index in [0.717, 1.165) is 28.2 Å². The van der Waals surface area contributed by atoms with Gasteiger partial charge in [-0.15, -0.1) is 0 Å². The predicted molar refractivity (Wildman–Crippen MR) is 153 cm³/mol. The largest absolute Gasteiger partial charge is 0.492 e. The van der Waals surface area contributed by atoms with Gasteiger partial charge < -0.3 is 19.4 Å². The van der Waals surface area contributed by atoms with E-state index in [4.69, 9.17) is 9.47 Å². The first-order valence-corrected chi connectivity index (χ1v) is 13.2. The average molecular weight is 556 g/mol. The van der Waals surface area contributed by atoms with Gasteiger partial charge >= 0.3 is 5.97 Å². The van der Waals surface area contributed by atoms with E-state index in [0.29, 0.717) is 21.9 Å². The normalized spacial score (nSPS) is 14.1. The number of esters is 1. The van der Waals surface area contributed by atoms with E-state index in [1.807, 2.05) is 54.6 Å². The van der Waals surface area contributed by atoms with Gasteiger partial charge in [0.05, 0.1) is 24.1 Å². The fraction of sp³-hybridized carbons (Fsp3) is 0.133. The number of para-hydroxylation sites is 2.